The van der Waals surface area contributed by atoms with Crippen LogP contribution in [0.25, 0.3) is 0 Å². The van der Waals surface area contributed by atoms with E-state index in [1.807, 2.05) is 53.2 Å². The van der Waals surface area contributed by atoms with Crippen LogP contribution in [0.3, 0.4) is 0 Å². The standard InChI is InChI=1S/C19H21NO4S3/c1-24-16-4-2-14(3-5-16)9-11-27(22,23)20-12-17-6-7-18(26-17)19(21)15-8-10-25-13-15/h2-8,10,13,19-21H,9,11-12H2,1H3. The number of nitrogens with one attached hydrogen (secondary N) is 1. The monoisotopic (exact) mass is 423 g/mol. The van der Waals surface area contributed by atoms with Crippen LogP contribution in [0.1, 0.15) is 27.0 Å². The lowest BCUT2D eigenvalue weighted by molar-refractivity contribution is 0.224. The zero-order valence-electron chi connectivity index (χ0n) is 14.8. The normalized spacial score (nSPS) is 12.8. The van der Waals surface area contributed by atoms with Crippen LogP contribution in [0.5, 0.6) is 5.75 Å². The van der Waals surface area contributed by atoms with Gasteiger partial charge < -0.3 is 9.84 Å². The highest BCUT2D eigenvalue weighted by Gasteiger charge is 2.15. The third-order valence-electron chi connectivity index (χ3n) is 4.10. The lowest BCUT2D eigenvalue weighted by Gasteiger charge is -2.07. The smallest absolute Gasteiger partial charge is 0.212 e. The van der Waals surface area contributed by atoms with Gasteiger partial charge in [0, 0.05) is 16.3 Å². The SMILES string of the molecule is COc1ccc(CCS(=O)(=O)NCc2ccc(C(O)c3ccsc3)s2)cc1. The zero-order valence-corrected chi connectivity index (χ0v) is 17.2. The second-order valence-electron chi connectivity index (χ2n) is 6.00. The number of sulfonamides is 1. The molecule has 27 heavy (non-hydrogen) atoms. The van der Waals surface area contributed by atoms with Crippen molar-refractivity contribution >= 4 is 32.7 Å². The first-order valence-corrected chi connectivity index (χ1v) is 11.8. The molecule has 5 nitrogen and oxygen atoms in total. The molecule has 0 aliphatic carbocycles. The van der Waals surface area contributed by atoms with Crippen molar-refractivity contribution in [1.29, 1.82) is 0 Å². The van der Waals surface area contributed by atoms with E-state index in [2.05, 4.69) is 4.72 Å². The van der Waals surface area contributed by atoms with Crippen molar-refractivity contribution in [2.24, 2.45) is 0 Å². The fourth-order valence-electron chi connectivity index (χ4n) is 2.53. The van der Waals surface area contributed by atoms with Crippen LogP contribution in [0.2, 0.25) is 0 Å². The van der Waals surface area contributed by atoms with E-state index in [-0.39, 0.29) is 12.3 Å². The maximum Gasteiger partial charge on any atom is 0.212 e. The van der Waals surface area contributed by atoms with Crippen LogP contribution in [0.15, 0.2) is 53.2 Å². The number of ether oxygens (including phenoxy) is 1. The highest BCUT2D eigenvalue weighted by atomic mass is 32.2. The first kappa shape index (κ1) is 20.0. The first-order valence-electron chi connectivity index (χ1n) is 8.36. The van der Waals surface area contributed by atoms with Gasteiger partial charge in [0.25, 0.3) is 0 Å². The molecule has 1 atom stereocenters. The van der Waals surface area contributed by atoms with E-state index >= 15 is 0 Å². The molecule has 0 spiro atoms. The molecule has 3 aromatic rings. The zero-order chi connectivity index (χ0) is 19.3. The van der Waals surface area contributed by atoms with Gasteiger partial charge >= 0.3 is 0 Å². The van der Waals surface area contributed by atoms with Gasteiger partial charge in [0.1, 0.15) is 11.9 Å². The number of aliphatic hydroxyl groups excluding tert-OH is 1. The van der Waals surface area contributed by atoms with Crippen molar-refractivity contribution in [1.82, 2.24) is 4.72 Å². The summed E-state index contributed by atoms with van der Waals surface area (Å²) in [6, 6.07) is 13.0. The topological polar surface area (TPSA) is 75.6 Å². The molecule has 144 valence electrons. The molecule has 0 bridgehead atoms. The molecule has 2 N–H and O–H groups in total. The predicted molar refractivity (Wildman–Crippen MR) is 110 cm³/mol. The molecule has 2 heterocycles. The second-order valence-corrected chi connectivity index (χ2v) is 9.91. The number of methoxy groups -OCH3 is 1. The van der Waals surface area contributed by atoms with Gasteiger partial charge in [-0.25, -0.2) is 13.1 Å². The van der Waals surface area contributed by atoms with E-state index in [9.17, 15) is 13.5 Å². The minimum Gasteiger partial charge on any atom is -0.497 e. The van der Waals surface area contributed by atoms with Gasteiger partial charge in [-0.2, -0.15) is 11.3 Å². The fraction of sp³-hybridized carbons (Fsp3) is 0.263. The molecule has 1 unspecified atom stereocenters. The summed E-state index contributed by atoms with van der Waals surface area (Å²) in [6.07, 6.45) is -0.229. The van der Waals surface area contributed by atoms with Crippen molar-refractivity contribution in [3.05, 3.63) is 74.1 Å². The van der Waals surface area contributed by atoms with Gasteiger partial charge in [0.15, 0.2) is 0 Å². The van der Waals surface area contributed by atoms with Crippen LogP contribution >= 0.6 is 22.7 Å². The summed E-state index contributed by atoms with van der Waals surface area (Å²) in [4.78, 5) is 1.67. The Bertz CT molecular complexity index is 947. The van der Waals surface area contributed by atoms with Crippen molar-refractivity contribution < 1.29 is 18.3 Å². The number of hydrogen-bond donors (Lipinski definition) is 2. The van der Waals surface area contributed by atoms with Crippen molar-refractivity contribution in [2.45, 2.75) is 19.1 Å². The van der Waals surface area contributed by atoms with E-state index in [1.54, 1.807) is 7.11 Å². The second kappa shape index (κ2) is 8.99. The maximum atomic E-state index is 12.2. The van der Waals surface area contributed by atoms with Crippen molar-refractivity contribution in [2.75, 3.05) is 12.9 Å². The van der Waals surface area contributed by atoms with Crippen LogP contribution in [0.4, 0.5) is 0 Å². The summed E-state index contributed by atoms with van der Waals surface area (Å²) in [5, 5.41) is 14.2. The van der Waals surface area contributed by atoms with Crippen molar-refractivity contribution in [3.63, 3.8) is 0 Å². The third-order valence-corrected chi connectivity index (χ3v) is 7.26. The Morgan fingerprint density at radius 3 is 2.59 bits per heavy atom. The quantitative estimate of drug-likeness (QED) is 0.552. The highest BCUT2D eigenvalue weighted by Crippen LogP contribution is 2.29. The van der Waals surface area contributed by atoms with Gasteiger partial charge in [-0.05, 0) is 58.6 Å². The number of aliphatic hydroxyl groups is 1. The lowest BCUT2D eigenvalue weighted by Crippen LogP contribution is -2.26. The van der Waals surface area contributed by atoms with E-state index in [1.165, 1.54) is 22.7 Å². The Morgan fingerprint density at radius 1 is 1.15 bits per heavy atom. The number of rotatable bonds is 9. The van der Waals surface area contributed by atoms with E-state index in [4.69, 9.17) is 4.74 Å². The van der Waals surface area contributed by atoms with Crippen molar-refractivity contribution in [3.8, 4) is 5.75 Å². The minimum atomic E-state index is -3.38. The van der Waals surface area contributed by atoms with E-state index in [0.717, 1.165) is 26.6 Å². The molecule has 2 aromatic heterocycles. The van der Waals surface area contributed by atoms with Crippen LogP contribution < -0.4 is 9.46 Å². The molecule has 0 aliphatic rings. The molecule has 1 aromatic carbocycles. The highest BCUT2D eigenvalue weighted by molar-refractivity contribution is 7.89. The Balaban J connectivity index is 1.52. The Labute approximate surface area is 167 Å². The summed E-state index contributed by atoms with van der Waals surface area (Å²) >= 11 is 2.95. The Morgan fingerprint density at radius 2 is 1.93 bits per heavy atom. The average Bonchev–Trinajstić information content (AvgIpc) is 3.37. The largest absolute Gasteiger partial charge is 0.497 e. The molecule has 0 radical (unpaired) electrons. The molecule has 0 amide bonds. The van der Waals surface area contributed by atoms with Gasteiger partial charge in [0.2, 0.25) is 10.0 Å². The number of aryl methyl sites for hydroxylation is 1. The molecule has 8 heteroatoms. The average molecular weight is 424 g/mol. The van der Waals surface area contributed by atoms with Gasteiger partial charge in [-0.15, -0.1) is 11.3 Å². The minimum absolute atomic E-state index is 0.0229. The van der Waals surface area contributed by atoms with Gasteiger partial charge in [-0.1, -0.05) is 12.1 Å². The predicted octanol–water partition coefficient (Wildman–Crippen LogP) is 3.56. The Hall–Kier alpha value is -1.71. The maximum absolute atomic E-state index is 12.2. The number of benzene rings is 1. The summed E-state index contributed by atoms with van der Waals surface area (Å²) in [6.45, 7) is 0.228. The lowest BCUT2D eigenvalue weighted by atomic mass is 10.2. The van der Waals surface area contributed by atoms with Crippen LogP contribution in [-0.2, 0) is 23.0 Å². The number of hydrogen-bond acceptors (Lipinski definition) is 6. The molecule has 0 saturated carbocycles. The summed E-state index contributed by atoms with van der Waals surface area (Å²) in [5.74, 6) is 0.771. The molecule has 0 fully saturated rings. The van der Waals surface area contributed by atoms with E-state index < -0.39 is 16.1 Å². The molecular formula is C19H21NO4S3. The molecule has 0 aliphatic heterocycles. The van der Waals surface area contributed by atoms with Gasteiger partial charge in [-0.3, -0.25) is 0 Å². The third kappa shape index (κ3) is 5.63. The van der Waals surface area contributed by atoms with Crippen LogP contribution in [-0.4, -0.2) is 26.4 Å². The van der Waals surface area contributed by atoms with Gasteiger partial charge in [0.05, 0.1) is 12.9 Å². The Kier molecular flexibility index (Phi) is 6.67. The summed E-state index contributed by atoms with van der Waals surface area (Å²) in [5.41, 5.74) is 1.80. The fourth-order valence-corrected chi connectivity index (χ4v) is 5.29. The molecular weight excluding hydrogens is 402 g/mol. The summed E-state index contributed by atoms with van der Waals surface area (Å²) < 4.78 is 32.2. The molecule has 0 saturated heterocycles. The van der Waals surface area contributed by atoms with E-state index in [0.29, 0.717) is 6.42 Å². The molecule has 3 rings (SSSR count). The first-order chi connectivity index (χ1) is 13.0. The number of thiophene rings is 2. The summed E-state index contributed by atoms with van der Waals surface area (Å²) in [7, 11) is -1.79. The van der Waals surface area contributed by atoms with Crippen LogP contribution in [0, 0.1) is 0 Å².